The number of aryl methyl sites for hydroxylation is 1. The van der Waals surface area contributed by atoms with E-state index < -0.39 is 0 Å². The van der Waals surface area contributed by atoms with E-state index in [1.807, 2.05) is 12.4 Å². The predicted molar refractivity (Wildman–Crippen MR) is 70.9 cm³/mol. The van der Waals surface area contributed by atoms with E-state index in [0.717, 1.165) is 13.1 Å². The molecule has 17 heavy (non-hydrogen) atoms. The van der Waals surface area contributed by atoms with Gasteiger partial charge >= 0.3 is 0 Å². The van der Waals surface area contributed by atoms with Gasteiger partial charge in [-0.2, -0.15) is 0 Å². The Bertz CT molecular complexity index is 343. The molecule has 0 aromatic carbocycles. The topological polar surface area (TPSA) is 28.2 Å². The molecule has 1 aromatic heterocycles. The van der Waals surface area contributed by atoms with Gasteiger partial charge in [0.15, 0.2) is 0 Å². The van der Waals surface area contributed by atoms with Crippen LogP contribution in [0.2, 0.25) is 0 Å². The van der Waals surface area contributed by atoms with Crippen LogP contribution in [0.3, 0.4) is 0 Å². The van der Waals surface area contributed by atoms with Crippen LogP contribution in [0.4, 0.5) is 0 Å². The predicted octanol–water partition coefficient (Wildman–Crippen LogP) is 1.96. The summed E-state index contributed by atoms with van der Waals surface area (Å²) in [6.07, 6.45) is 7.73. The summed E-state index contributed by atoms with van der Waals surface area (Å²) in [6, 6.07) is 2.81. The Morgan fingerprint density at radius 2 is 2.29 bits per heavy atom. The van der Waals surface area contributed by atoms with Gasteiger partial charge in [-0.1, -0.05) is 0 Å². The summed E-state index contributed by atoms with van der Waals surface area (Å²) in [7, 11) is 2.24. The third-order valence-corrected chi connectivity index (χ3v) is 3.74. The van der Waals surface area contributed by atoms with Crippen molar-refractivity contribution in [3.8, 4) is 0 Å². The van der Waals surface area contributed by atoms with Crippen LogP contribution in [0, 0.1) is 6.92 Å². The molecule has 3 nitrogen and oxygen atoms in total. The first-order chi connectivity index (χ1) is 8.27. The summed E-state index contributed by atoms with van der Waals surface area (Å²) in [6.45, 7) is 5.52. The maximum absolute atomic E-state index is 4.22. The fraction of sp³-hybridized carbons (Fsp3) is 0.643. The van der Waals surface area contributed by atoms with E-state index in [-0.39, 0.29) is 0 Å². The zero-order valence-corrected chi connectivity index (χ0v) is 10.9. The molecule has 1 aromatic rings. The summed E-state index contributed by atoms with van der Waals surface area (Å²) >= 11 is 0. The average molecular weight is 233 g/mol. The molecule has 3 heteroatoms. The molecular weight excluding hydrogens is 210 g/mol. The molecule has 0 saturated carbocycles. The quantitative estimate of drug-likeness (QED) is 0.865. The van der Waals surface area contributed by atoms with Gasteiger partial charge in [-0.25, -0.2) is 0 Å². The lowest BCUT2D eigenvalue weighted by Crippen LogP contribution is -2.32. The monoisotopic (exact) mass is 233 g/mol. The van der Waals surface area contributed by atoms with E-state index in [2.05, 4.69) is 35.2 Å². The van der Waals surface area contributed by atoms with Crippen molar-refractivity contribution in [3.63, 3.8) is 0 Å². The summed E-state index contributed by atoms with van der Waals surface area (Å²) in [5, 5.41) is 3.47. The van der Waals surface area contributed by atoms with Crippen molar-refractivity contribution in [2.24, 2.45) is 0 Å². The minimum atomic E-state index is 0.713. The van der Waals surface area contributed by atoms with Crippen molar-refractivity contribution in [2.45, 2.75) is 38.8 Å². The normalized spacial score (nSPS) is 21.5. The van der Waals surface area contributed by atoms with Crippen LogP contribution in [0.1, 0.15) is 30.4 Å². The van der Waals surface area contributed by atoms with Gasteiger partial charge < -0.3 is 5.32 Å². The molecular formula is C14H23N3. The first-order valence-electron chi connectivity index (χ1n) is 6.58. The smallest absolute Gasteiger partial charge is 0.0315 e. The SMILES string of the molecule is Cc1ccncc1CN(C)C1CCCNCC1. The van der Waals surface area contributed by atoms with Crippen LogP contribution < -0.4 is 5.32 Å². The number of nitrogens with one attached hydrogen (secondary N) is 1. The lowest BCUT2D eigenvalue weighted by atomic mass is 10.1. The summed E-state index contributed by atoms with van der Waals surface area (Å²) in [5.74, 6) is 0. The van der Waals surface area contributed by atoms with Gasteiger partial charge in [0.05, 0.1) is 0 Å². The van der Waals surface area contributed by atoms with Gasteiger partial charge in [0, 0.05) is 25.0 Å². The van der Waals surface area contributed by atoms with Crippen molar-refractivity contribution >= 4 is 0 Å². The molecule has 0 amide bonds. The second-order valence-corrected chi connectivity index (χ2v) is 5.05. The molecule has 0 bridgehead atoms. The minimum absolute atomic E-state index is 0.713. The van der Waals surface area contributed by atoms with Crippen LogP contribution in [-0.4, -0.2) is 36.1 Å². The third kappa shape index (κ3) is 3.51. The molecule has 94 valence electrons. The van der Waals surface area contributed by atoms with Gasteiger partial charge in [-0.3, -0.25) is 9.88 Å². The average Bonchev–Trinajstić information content (AvgIpc) is 2.61. The fourth-order valence-electron chi connectivity index (χ4n) is 2.50. The lowest BCUT2D eigenvalue weighted by Gasteiger charge is -2.27. The standard InChI is InChI=1S/C14H23N3/c1-12-5-8-16-10-13(12)11-17(2)14-4-3-7-15-9-6-14/h5,8,10,14-15H,3-4,6-7,9,11H2,1-2H3. The Labute approximate surface area is 104 Å². The first-order valence-corrected chi connectivity index (χ1v) is 6.58. The summed E-state index contributed by atoms with van der Waals surface area (Å²) in [5.41, 5.74) is 2.70. The Kier molecular flexibility index (Phi) is 4.51. The number of pyridine rings is 1. The second kappa shape index (κ2) is 6.12. The third-order valence-electron chi connectivity index (χ3n) is 3.74. The largest absolute Gasteiger partial charge is 0.317 e. The molecule has 0 radical (unpaired) electrons. The van der Waals surface area contributed by atoms with E-state index in [1.54, 1.807) is 0 Å². The molecule has 1 aliphatic rings. The van der Waals surface area contributed by atoms with Crippen LogP contribution in [0.25, 0.3) is 0 Å². The lowest BCUT2D eigenvalue weighted by molar-refractivity contribution is 0.216. The number of hydrogen-bond donors (Lipinski definition) is 1. The number of aromatic nitrogens is 1. The zero-order chi connectivity index (χ0) is 12.1. The minimum Gasteiger partial charge on any atom is -0.317 e. The van der Waals surface area contributed by atoms with Crippen LogP contribution in [0.15, 0.2) is 18.5 Å². The molecule has 2 heterocycles. The highest BCUT2D eigenvalue weighted by molar-refractivity contribution is 5.21. The summed E-state index contributed by atoms with van der Waals surface area (Å²) < 4.78 is 0. The van der Waals surface area contributed by atoms with Gasteiger partial charge in [0.25, 0.3) is 0 Å². The van der Waals surface area contributed by atoms with Gasteiger partial charge in [0.2, 0.25) is 0 Å². The maximum Gasteiger partial charge on any atom is 0.0315 e. The highest BCUT2D eigenvalue weighted by Crippen LogP contribution is 2.16. The van der Waals surface area contributed by atoms with E-state index in [0.29, 0.717) is 6.04 Å². The van der Waals surface area contributed by atoms with Gasteiger partial charge in [0.1, 0.15) is 0 Å². The Balaban J connectivity index is 1.95. The molecule has 1 aliphatic heterocycles. The molecule has 1 unspecified atom stereocenters. The maximum atomic E-state index is 4.22. The number of nitrogens with zero attached hydrogens (tertiary/aromatic N) is 2. The molecule has 2 rings (SSSR count). The Hall–Kier alpha value is -0.930. The second-order valence-electron chi connectivity index (χ2n) is 5.05. The van der Waals surface area contributed by atoms with E-state index in [1.165, 1.54) is 36.9 Å². The zero-order valence-electron chi connectivity index (χ0n) is 10.9. The van der Waals surface area contributed by atoms with Crippen molar-refractivity contribution in [2.75, 3.05) is 20.1 Å². The van der Waals surface area contributed by atoms with Crippen LogP contribution in [-0.2, 0) is 6.54 Å². The first kappa shape index (κ1) is 12.5. The van der Waals surface area contributed by atoms with Crippen LogP contribution >= 0.6 is 0 Å². The van der Waals surface area contributed by atoms with Crippen molar-refractivity contribution in [1.82, 2.24) is 15.2 Å². The van der Waals surface area contributed by atoms with Gasteiger partial charge in [-0.05, 0) is 63.5 Å². The molecule has 1 atom stereocenters. The highest BCUT2D eigenvalue weighted by atomic mass is 15.1. The molecule has 1 fully saturated rings. The molecule has 1 saturated heterocycles. The molecule has 1 N–H and O–H groups in total. The van der Waals surface area contributed by atoms with Gasteiger partial charge in [-0.15, -0.1) is 0 Å². The summed E-state index contributed by atoms with van der Waals surface area (Å²) in [4.78, 5) is 6.71. The van der Waals surface area contributed by atoms with E-state index in [9.17, 15) is 0 Å². The number of rotatable bonds is 3. The van der Waals surface area contributed by atoms with Crippen molar-refractivity contribution in [3.05, 3.63) is 29.6 Å². The Morgan fingerprint density at radius 1 is 1.41 bits per heavy atom. The van der Waals surface area contributed by atoms with E-state index in [4.69, 9.17) is 0 Å². The van der Waals surface area contributed by atoms with Crippen molar-refractivity contribution < 1.29 is 0 Å². The van der Waals surface area contributed by atoms with Crippen LogP contribution in [0.5, 0.6) is 0 Å². The number of hydrogen-bond acceptors (Lipinski definition) is 3. The van der Waals surface area contributed by atoms with E-state index >= 15 is 0 Å². The highest BCUT2D eigenvalue weighted by Gasteiger charge is 2.17. The van der Waals surface area contributed by atoms with Crippen molar-refractivity contribution in [1.29, 1.82) is 0 Å². The molecule has 0 aliphatic carbocycles. The fourth-order valence-corrected chi connectivity index (χ4v) is 2.50. The Morgan fingerprint density at radius 3 is 3.12 bits per heavy atom. The molecule has 0 spiro atoms.